The van der Waals surface area contributed by atoms with Crippen LogP contribution in [0.4, 0.5) is 21.5 Å². The topological polar surface area (TPSA) is 229 Å². The number of fused-ring (bicyclic) bond motifs is 3. The van der Waals surface area contributed by atoms with E-state index in [0.29, 0.717) is 160 Å². The van der Waals surface area contributed by atoms with Gasteiger partial charge in [-0.05, 0) is 140 Å². The molecule has 0 radical (unpaired) electrons. The molecule has 113 heavy (non-hydrogen) atoms. The third-order valence-corrected chi connectivity index (χ3v) is 21.4. The van der Waals surface area contributed by atoms with Gasteiger partial charge in [-0.25, -0.2) is 18.8 Å². The number of nitrogens with zero attached hydrogens (tertiary/aromatic N) is 9. The number of amides is 3. The van der Waals surface area contributed by atoms with Crippen molar-refractivity contribution in [2.75, 3.05) is 113 Å². The number of halogens is 4. The number of aromatic nitrogens is 3. The van der Waals surface area contributed by atoms with E-state index in [4.69, 9.17) is 53.4 Å². The van der Waals surface area contributed by atoms with E-state index in [1.54, 1.807) is 110 Å². The molecule has 3 fully saturated rings. The summed E-state index contributed by atoms with van der Waals surface area (Å²) < 4.78 is 39.4. The summed E-state index contributed by atoms with van der Waals surface area (Å²) in [5.41, 5.74) is 5.21. The van der Waals surface area contributed by atoms with E-state index >= 15 is 0 Å². The van der Waals surface area contributed by atoms with Crippen LogP contribution in [0.1, 0.15) is 99.1 Å². The summed E-state index contributed by atoms with van der Waals surface area (Å²) in [6.07, 6.45) is 1.47. The number of hydrogen-bond donors (Lipinski definition) is 0. The van der Waals surface area contributed by atoms with Crippen molar-refractivity contribution in [3.63, 3.8) is 0 Å². The molecule has 7 aromatic carbocycles. The van der Waals surface area contributed by atoms with Crippen LogP contribution in [0.3, 0.4) is 0 Å². The maximum Gasteiger partial charge on any atom is 0.345 e. The highest BCUT2D eigenvalue weighted by Crippen LogP contribution is 2.37. The minimum atomic E-state index is -0.703. The number of carbonyl (C=O) groups is 6. The van der Waals surface area contributed by atoms with E-state index in [1.165, 1.54) is 41.9 Å². The molecule has 22 nitrogen and oxygen atoms in total. The molecule has 15 rings (SSSR count). The number of benzene rings is 7. The van der Waals surface area contributed by atoms with E-state index in [2.05, 4.69) is 0 Å². The molecule has 0 saturated carbocycles. The fourth-order valence-electron chi connectivity index (χ4n) is 14.4. The third kappa shape index (κ3) is 17.6. The first-order valence-corrected chi connectivity index (χ1v) is 39.0. The van der Waals surface area contributed by atoms with Gasteiger partial charge >= 0.3 is 17.9 Å². The normalized spacial score (nSPS) is 13.6. The lowest BCUT2D eigenvalue weighted by molar-refractivity contribution is 0.0514. The van der Waals surface area contributed by atoms with Crippen molar-refractivity contribution >= 4 is 132 Å². The summed E-state index contributed by atoms with van der Waals surface area (Å²) in [7, 11) is 0. The third-order valence-electron chi connectivity index (χ3n) is 19.8. The Hall–Kier alpha value is -11.8. The molecule has 5 aromatic heterocycles. The molecule has 0 N–H and O–H groups in total. The Morgan fingerprint density at radius 3 is 1.06 bits per heavy atom. The fraction of sp³-hybridized carbons (Fsp3) is 0.244. The average Bonchev–Trinajstić information content (AvgIpc) is 0.783. The standard InChI is InChI=1S/C30H27ClFN3O4.C28H26ClN3O5.C28H26ClN3O4S/c1-2-39-30(38)26-27(33-14-16-34(17-15-33)28(36)21-8-11-23(32)12-9-21)24-18-22(31)10-13-25(24)35(29(26)37)19-20-6-4-3-5-7-20;2*1-2-36-28(35)24-25(30-12-14-31(15-13-30)26(33)23-9-6-16-37-23)21-17-20(29)10-11-22(21)32(27(24)34)18-19-7-4-3-5-8-19/h3-13,18H,2,14-17,19H2,1H3;2*3-11,16-17H,2,12-15,18H2,1H3. The van der Waals surface area contributed by atoms with Crippen LogP contribution in [0.2, 0.25) is 15.1 Å². The molecule has 0 bridgehead atoms. The number of piperazine rings is 3. The minimum Gasteiger partial charge on any atom is -0.462 e. The van der Waals surface area contributed by atoms with Crippen LogP contribution in [0.15, 0.2) is 225 Å². The number of rotatable bonds is 18. The van der Waals surface area contributed by atoms with E-state index in [9.17, 15) is 47.5 Å². The Labute approximate surface area is 668 Å². The molecule has 0 unspecified atom stereocenters. The smallest absolute Gasteiger partial charge is 0.345 e. The van der Waals surface area contributed by atoms with E-state index in [0.717, 1.165) is 16.7 Å². The summed E-state index contributed by atoms with van der Waals surface area (Å²) in [6.45, 7) is 11.3. The van der Waals surface area contributed by atoms with Crippen LogP contribution in [0.25, 0.3) is 32.7 Å². The SMILES string of the molecule is CCOC(=O)c1c(N2CCN(C(=O)c3ccc(F)cc3)CC2)c2cc(Cl)ccc2n(Cc2ccccc2)c1=O.CCOC(=O)c1c(N2CCN(C(=O)c3ccco3)CC2)c2cc(Cl)ccc2n(Cc2ccccc2)c1=O.CCOC(=O)c1c(N2CCN(C(=O)c3cccs3)CC2)c2cc(Cl)ccc2n(Cc2ccccc2)c1=O. The number of furan rings is 1. The lowest BCUT2D eigenvalue weighted by atomic mass is 10.0. The number of ether oxygens (including phenoxy) is 3. The van der Waals surface area contributed by atoms with Gasteiger partial charge in [-0.3, -0.25) is 28.8 Å². The van der Waals surface area contributed by atoms with Crippen LogP contribution in [-0.2, 0) is 33.8 Å². The second-order valence-electron chi connectivity index (χ2n) is 26.7. The first-order chi connectivity index (χ1) is 54.8. The zero-order valence-corrected chi connectivity index (χ0v) is 65.2. The Morgan fingerprint density at radius 1 is 0.398 bits per heavy atom. The molecule has 0 atom stereocenters. The van der Waals surface area contributed by atoms with Gasteiger partial charge in [0.1, 0.15) is 22.5 Å². The van der Waals surface area contributed by atoms with Crippen LogP contribution in [0, 0.1) is 5.82 Å². The van der Waals surface area contributed by atoms with Gasteiger partial charge < -0.3 is 61.7 Å². The number of esters is 3. The molecule has 3 amide bonds. The van der Waals surface area contributed by atoms with Gasteiger partial charge in [0, 0.05) is 115 Å². The quantitative estimate of drug-likeness (QED) is 0.0574. The minimum absolute atomic E-state index is 0.00792. The van der Waals surface area contributed by atoms with Crippen molar-refractivity contribution in [2.45, 2.75) is 40.4 Å². The second-order valence-corrected chi connectivity index (χ2v) is 29.0. The van der Waals surface area contributed by atoms with Crippen molar-refractivity contribution in [1.82, 2.24) is 28.4 Å². The number of anilines is 3. The Morgan fingerprint density at radius 2 is 0.743 bits per heavy atom. The molecule has 3 aliphatic heterocycles. The molecule has 0 spiro atoms. The van der Waals surface area contributed by atoms with Gasteiger partial charge in [-0.2, -0.15) is 0 Å². The van der Waals surface area contributed by atoms with Gasteiger partial charge in [0.15, 0.2) is 5.76 Å². The Kier molecular flexibility index (Phi) is 25.3. The molecular formula is C86H79Cl3FN9O13S. The first kappa shape index (κ1) is 79.3. The number of thiophene rings is 1. The van der Waals surface area contributed by atoms with Gasteiger partial charge in [0.2, 0.25) is 0 Å². The highest BCUT2D eigenvalue weighted by molar-refractivity contribution is 7.12. The summed E-state index contributed by atoms with van der Waals surface area (Å²) in [5.74, 6) is -2.58. The van der Waals surface area contributed by atoms with Gasteiger partial charge in [0.25, 0.3) is 34.4 Å². The molecule has 8 heterocycles. The maximum atomic E-state index is 13.9. The number of hydrogen-bond acceptors (Lipinski definition) is 17. The molecular weight excluding hydrogens is 1520 g/mol. The molecule has 12 aromatic rings. The van der Waals surface area contributed by atoms with Crippen molar-refractivity contribution in [1.29, 1.82) is 0 Å². The molecule has 3 aliphatic rings. The largest absolute Gasteiger partial charge is 0.462 e. The zero-order chi connectivity index (χ0) is 79.4. The van der Waals surface area contributed by atoms with Crippen molar-refractivity contribution in [3.8, 4) is 0 Å². The monoisotopic (exact) mass is 1600 g/mol. The van der Waals surface area contributed by atoms with E-state index in [1.807, 2.05) is 129 Å². The Bertz CT molecular complexity index is 5440. The summed E-state index contributed by atoms with van der Waals surface area (Å²) in [6, 6.07) is 57.1. The van der Waals surface area contributed by atoms with Gasteiger partial charge in [-0.15, -0.1) is 11.3 Å². The van der Waals surface area contributed by atoms with Gasteiger partial charge in [-0.1, -0.05) is 132 Å². The molecule has 0 aliphatic carbocycles. The average molecular weight is 1600 g/mol. The summed E-state index contributed by atoms with van der Waals surface area (Å²) in [5, 5.41) is 5.36. The number of carbonyl (C=O) groups excluding carboxylic acids is 6. The molecule has 27 heteroatoms. The zero-order valence-electron chi connectivity index (χ0n) is 62.1. The van der Waals surface area contributed by atoms with Crippen molar-refractivity contribution in [3.05, 3.63) is 307 Å². The van der Waals surface area contributed by atoms with E-state index in [-0.39, 0.29) is 73.1 Å². The lowest BCUT2D eigenvalue weighted by Gasteiger charge is -2.37. The molecule has 580 valence electrons. The van der Waals surface area contributed by atoms with Crippen LogP contribution < -0.4 is 31.4 Å². The highest BCUT2D eigenvalue weighted by atomic mass is 35.5. The highest BCUT2D eigenvalue weighted by Gasteiger charge is 2.35. The first-order valence-electron chi connectivity index (χ1n) is 37.0. The van der Waals surface area contributed by atoms with Crippen molar-refractivity contribution in [2.24, 2.45) is 0 Å². The van der Waals surface area contributed by atoms with Crippen LogP contribution in [0.5, 0.6) is 0 Å². The Balaban J connectivity index is 0.000000148. The summed E-state index contributed by atoms with van der Waals surface area (Å²) >= 11 is 20.7. The predicted octanol–water partition coefficient (Wildman–Crippen LogP) is 14.3. The van der Waals surface area contributed by atoms with Crippen LogP contribution in [-0.4, -0.2) is 162 Å². The van der Waals surface area contributed by atoms with Crippen molar-refractivity contribution < 1.29 is 51.8 Å². The molecule has 3 saturated heterocycles. The van der Waals surface area contributed by atoms with Gasteiger partial charge in [0.05, 0.1) is 84.2 Å². The van der Waals surface area contributed by atoms with Crippen LogP contribution >= 0.6 is 46.1 Å². The lowest BCUT2D eigenvalue weighted by Crippen LogP contribution is -2.49. The second kappa shape index (κ2) is 36.1. The van der Waals surface area contributed by atoms with E-state index < -0.39 is 40.4 Å². The summed E-state index contributed by atoms with van der Waals surface area (Å²) in [4.78, 5) is 132. The maximum absolute atomic E-state index is 13.9. The fourth-order valence-corrected chi connectivity index (χ4v) is 15.7. The number of pyridine rings is 3. The predicted molar refractivity (Wildman–Crippen MR) is 438 cm³/mol.